The molecule has 0 aromatic rings. The van der Waals surface area contributed by atoms with Crippen molar-refractivity contribution in [2.75, 3.05) is 18.6 Å². The van der Waals surface area contributed by atoms with Crippen LogP contribution in [0.3, 0.4) is 0 Å². The number of thioether (sulfide) groups is 1. The summed E-state index contributed by atoms with van der Waals surface area (Å²) in [6.45, 7) is 3.12. The van der Waals surface area contributed by atoms with Gasteiger partial charge in [-0.05, 0) is 0 Å². The fourth-order valence-corrected chi connectivity index (χ4v) is 1.95. The standard InChI is InChI=1S/C10H17NO4S/c1-4-8(13)5-16-6-9(10(14)15-3)11-7(2)12/h9H,4-6H2,1-3H3,(H,11,12)/t9-/m0/s1. The van der Waals surface area contributed by atoms with Gasteiger partial charge in [0.2, 0.25) is 5.91 Å². The summed E-state index contributed by atoms with van der Waals surface area (Å²) in [7, 11) is 1.26. The number of rotatable bonds is 7. The lowest BCUT2D eigenvalue weighted by atomic mass is 10.3. The fourth-order valence-electron chi connectivity index (χ4n) is 0.949. The van der Waals surface area contributed by atoms with Crippen molar-refractivity contribution >= 4 is 29.4 Å². The lowest BCUT2D eigenvalue weighted by Gasteiger charge is -2.14. The van der Waals surface area contributed by atoms with Gasteiger partial charge in [-0.3, -0.25) is 9.59 Å². The third-order valence-corrected chi connectivity index (χ3v) is 2.90. The third-order valence-electron chi connectivity index (χ3n) is 1.81. The van der Waals surface area contributed by atoms with Gasteiger partial charge in [-0.15, -0.1) is 0 Å². The number of esters is 1. The van der Waals surface area contributed by atoms with Gasteiger partial charge in [-0.1, -0.05) is 6.92 Å². The highest BCUT2D eigenvalue weighted by Gasteiger charge is 2.20. The molecule has 0 saturated carbocycles. The van der Waals surface area contributed by atoms with E-state index in [1.54, 1.807) is 6.92 Å². The van der Waals surface area contributed by atoms with E-state index >= 15 is 0 Å². The van der Waals surface area contributed by atoms with Crippen LogP contribution in [0.1, 0.15) is 20.3 Å². The first-order valence-corrected chi connectivity index (χ1v) is 6.11. The monoisotopic (exact) mass is 247 g/mol. The zero-order chi connectivity index (χ0) is 12.6. The SMILES string of the molecule is CCC(=O)CSC[C@H](NC(C)=O)C(=O)OC. The largest absolute Gasteiger partial charge is 0.467 e. The van der Waals surface area contributed by atoms with E-state index in [9.17, 15) is 14.4 Å². The number of carbonyl (C=O) groups is 3. The maximum atomic E-state index is 11.3. The second kappa shape index (κ2) is 8.15. The third kappa shape index (κ3) is 6.44. The first kappa shape index (κ1) is 15.0. The van der Waals surface area contributed by atoms with Crippen LogP contribution < -0.4 is 5.32 Å². The van der Waals surface area contributed by atoms with Crippen LogP contribution in [-0.2, 0) is 19.1 Å². The summed E-state index contributed by atoms with van der Waals surface area (Å²) in [5.41, 5.74) is 0. The van der Waals surface area contributed by atoms with E-state index in [2.05, 4.69) is 10.1 Å². The van der Waals surface area contributed by atoms with Crippen LogP contribution in [0.15, 0.2) is 0 Å². The molecule has 0 unspecified atom stereocenters. The van der Waals surface area contributed by atoms with Crippen molar-refractivity contribution in [2.45, 2.75) is 26.3 Å². The molecule has 16 heavy (non-hydrogen) atoms. The van der Waals surface area contributed by atoms with E-state index < -0.39 is 12.0 Å². The molecule has 0 saturated heterocycles. The number of hydrogen-bond donors (Lipinski definition) is 1. The van der Waals surface area contributed by atoms with E-state index in [-0.39, 0.29) is 11.7 Å². The summed E-state index contributed by atoms with van der Waals surface area (Å²) in [5.74, 6) is 0.0302. The van der Waals surface area contributed by atoms with Crippen molar-refractivity contribution in [1.82, 2.24) is 5.32 Å². The van der Waals surface area contributed by atoms with Crippen LogP contribution >= 0.6 is 11.8 Å². The Balaban J connectivity index is 4.06. The predicted octanol–water partition coefficient (Wildman–Crippen LogP) is 0.376. The van der Waals surface area contributed by atoms with E-state index in [1.165, 1.54) is 25.8 Å². The molecule has 1 N–H and O–H groups in total. The highest BCUT2D eigenvalue weighted by molar-refractivity contribution is 8.00. The van der Waals surface area contributed by atoms with Gasteiger partial charge < -0.3 is 10.1 Å². The number of ketones is 1. The van der Waals surface area contributed by atoms with Crippen molar-refractivity contribution in [2.24, 2.45) is 0 Å². The quantitative estimate of drug-likeness (QED) is 0.658. The van der Waals surface area contributed by atoms with Gasteiger partial charge >= 0.3 is 5.97 Å². The highest BCUT2D eigenvalue weighted by atomic mass is 32.2. The number of carbonyl (C=O) groups excluding carboxylic acids is 3. The maximum absolute atomic E-state index is 11.3. The van der Waals surface area contributed by atoms with Crippen LogP contribution in [-0.4, -0.2) is 42.3 Å². The number of amides is 1. The van der Waals surface area contributed by atoms with E-state index in [0.717, 1.165) is 0 Å². The van der Waals surface area contributed by atoms with Gasteiger partial charge in [0.15, 0.2) is 0 Å². The number of hydrogen-bond acceptors (Lipinski definition) is 5. The number of Topliss-reactive ketones (excluding diaryl/α,β-unsaturated/α-hetero) is 1. The zero-order valence-corrected chi connectivity index (χ0v) is 10.6. The molecule has 0 heterocycles. The summed E-state index contributed by atoms with van der Waals surface area (Å²) in [5, 5.41) is 2.48. The average Bonchev–Trinajstić information content (AvgIpc) is 2.25. The Morgan fingerprint density at radius 3 is 2.44 bits per heavy atom. The number of ether oxygens (including phenoxy) is 1. The number of methoxy groups -OCH3 is 1. The molecule has 0 spiro atoms. The van der Waals surface area contributed by atoms with Crippen molar-refractivity contribution in [3.05, 3.63) is 0 Å². The minimum atomic E-state index is -0.683. The van der Waals surface area contributed by atoms with Crippen LogP contribution in [0.25, 0.3) is 0 Å². The van der Waals surface area contributed by atoms with Crippen molar-refractivity contribution in [3.63, 3.8) is 0 Å². The van der Waals surface area contributed by atoms with Crippen LogP contribution in [0.5, 0.6) is 0 Å². The summed E-state index contributed by atoms with van der Waals surface area (Å²) >= 11 is 1.31. The first-order valence-electron chi connectivity index (χ1n) is 4.95. The minimum absolute atomic E-state index is 0.122. The average molecular weight is 247 g/mol. The highest BCUT2D eigenvalue weighted by Crippen LogP contribution is 2.05. The minimum Gasteiger partial charge on any atom is -0.467 e. The molecule has 0 aliphatic rings. The van der Waals surface area contributed by atoms with Crippen LogP contribution in [0.4, 0.5) is 0 Å². The Bertz CT molecular complexity index is 268. The predicted molar refractivity (Wildman–Crippen MR) is 62.2 cm³/mol. The molecule has 0 fully saturated rings. The van der Waals surface area contributed by atoms with Gasteiger partial charge in [-0.25, -0.2) is 4.79 Å². The summed E-state index contributed by atoms with van der Waals surface area (Å²) in [6, 6.07) is -0.683. The Morgan fingerprint density at radius 1 is 1.38 bits per heavy atom. The van der Waals surface area contributed by atoms with Gasteiger partial charge in [-0.2, -0.15) is 11.8 Å². The van der Waals surface area contributed by atoms with Crippen molar-refractivity contribution in [3.8, 4) is 0 Å². The van der Waals surface area contributed by atoms with E-state index in [0.29, 0.717) is 17.9 Å². The first-order chi connectivity index (χ1) is 7.51. The van der Waals surface area contributed by atoms with Gasteiger partial charge in [0.1, 0.15) is 11.8 Å². The van der Waals surface area contributed by atoms with E-state index in [4.69, 9.17) is 0 Å². The smallest absolute Gasteiger partial charge is 0.329 e. The summed E-state index contributed by atoms with van der Waals surface area (Å²) in [6.07, 6.45) is 0.482. The van der Waals surface area contributed by atoms with Crippen molar-refractivity contribution in [1.29, 1.82) is 0 Å². The van der Waals surface area contributed by atoms with Crippen molar-refractivity contribution < 1.29 is 19.1 Å². The molecule has 0 aliphatic carbocycles. The zero-order valence-electron chi connectivity index (χ0n) is 9.74. The normalized spacial score (nSPS) is 11.7. The molecule has 6 heteroatoms. The molecule has 0 aliphatic heterocycles. The van der Waals surface area contributed by atoms with Gasteiger partial charge in [0.25, 0.3) is 0 Å². The molecule has 1 atom stereocenters. The molecule has 0 radical (unpaired) electrons. The van der Waals surface area contributed by atoms with Gasteiger partial charge in [0, 0.05) is 19.1 Å². The molecular weight excluding hydrogens is 230 g/mol. The Hall–Kier alpha value is -1.04. The number of nitrogens with one attached hydrogen (secondary N) is 1. The summed E-state index contributed by atoms with van der Waals surface area (Å²) < 4.78 is 4.55. The molecule has 5 nitrogen and oxygen atoms in total. The topological polar surface area (TPSA) is 72.5 Å². The van der Waals surface area contributed by atoms with Gasteiger partial charge in [0.05, 0.1) is 12.9 Å². The molecular formula is C10H17NO4S. The van der Waals surface area contributed by atoms with Crippen LogP contribution in [0.2, 0.25) is 0 Å². The molecule has 0 bridgehead atoms. The molecule has 1 amide bonds. The summed E-state index contributed by atoms with van der Waals surface area (Å²) in [4.78, 5) is 33.1. The Morgan fingerprint density at radius 2 is 2.00 bits per heavy atom. The lowest BCUT2D eigenvalue weighted by Crippen LogP contribution is -2.42. The molecule has 0 aromatic carbocycles. The molecule has 0 rings (SSSR count). The second-order valence-electron chi connectivity index (χ2n) is 3.18. The Labute approximate surface area is 99.3 Å². The second-order valence-corrected chi connectivity index (χ2v) is 4.21. The Kier molecular flexibility index (Phi) is 7.62. The molecule has 0 aromatic heterocycles. The van der Waals surface area contributed by atoms with Crippen LogP contribution in [0, 0.1) is 0 Å². The maximum Gasteiger partial charge on any atom is 0.329 e. The lowest BCUT2D eigenvalue weighted by molar-refractivity contribution is -0.144. The van der Waals surface area contributed by atoms with E-state index in [1.807, 2.05) is 0 Å². The fraction of sp³-hybridized carbons (Fsp3) is 0.700. The molecule has 92 valence electrons.